The number of nitrogens with one attached hydrogen (secondary N) is 1. The van der Waals surface area contributed by atoms with Gasteiger partial charge in [0.1, 0.15) is 0 Å². The fraction of sp³-hybridized carbons (Fsp3) is 0.562. The molecule has 102 valence electrons. The van der Waals surface area contributed by atoms with Crippen LogP contribution in [0.2, 0.25) is 0 Å². The van der Waals surface area contributed by atoms with Crippen LogP contribution >= 0.6 is 0 Å². The van der Waals surface area contributed by atoms with E-state index < -0.39 is 0 Å². The molecule has 3 unspecified atom stereocenters. The SMILES string of the molecule is CNC1CCC(Cc2nn(C)c3ccccc23)C1C. The number of rotatable bonds is 3. The lowest BCUT2D eigenvalue weighted by Crippen LogP contribution is -2.29. The lowest BCUT2D eigenvalue weighted by Gasteiger charge is -2.19. The Kier molecular flexibility index (Phi) is 3.31. The Balaban J connectivity index is 1.86. The van der Waals surface area contributed by atoms with Crippen molar-refractivity contribution in [2.75, 3.05) is 7.05 Å². The van der Waals surface area contributed by atoms with Crippen LogP contribution in [0.25, 0.3) is 10.9 Å². The van der Waals surface area contributed by atoms with Gasteiger partial charge in [-0.2, -0.15) is 5.10 Å². The van der Waals surface area contributed by atoms with Crippen molar-refractivity contribution in [2.45, 2.75) is 32.2 Å². The first kappa shape index (κ1) is 12.7. The van der Waals surface area contributed by atoms with E-state index in [0.717, 1.165) is 18.3 Å². The molecular formula is C16H23N3. The van der Waals surface area contributed by atoms with E-state index in [1.54, 1.807) is 0 Å². The fourth-order valence-electron chi connectivity index (χ4n) is 3.63. The van der Waals surface area contributed by atoms with Crippen molar-refractivity contribution in [1.82, 2.24) is 15.1 Å². The third kappa shape index (κ3) is 2.16. The first-order valence-corrected chi connectivity index (χ1v) is 7.28. The number of aromatic nitrogens is 2. The van der Waals surface area contributed by atoms with Crippen LogP contribution in [0.1, 0.15) is 25.5 Å². The molecule has 1 fully saturated rings. The number of aryl methyl sites for hydroxylation is 1. The van der Waals surface area contributed by atoms with Crippen LogP contribution in [0.4, 0.5) is 0 Å². The van der Waals surface area contributed by atoms with Gasteiger partial charge >= 0.3 is 0 Å². The van der Waals surface area contributed by atoms with Crippen molar-refractivity contribution in [3.05, 3.63) is 30.0 Å². The first-order chi connectivity index (χ1) is 9.20. The summed E-state index contributed by atoms with van der Waals surface area (Å²) in [7, 11) is 4.13. The van der Waals surface area contributed by atoms with Crippen LogP contribution in [0.15, 0.2) is 24.3 Å². The fourth-order valence-corrected chi connectivity index (χ4v) is 3.63. The molecular weight excluding hydrogens is 234 g/mol. The molecule has 1 N–H and O–H groups in total. The van der Waals surface area contributed by atoms with Gasteiger partial charge in [0, 0.05) is 18.5 Å². The Labute approximate surface area is 115 Å². The van der Waals surface area contributed by atoms with Gasteiger partial charge in [0.15, 0.2) is 0 Å². The molecule has 3 rings (SSSR count). The summed E-state index contributed by atoms with van der Waals surface area (Å²) in [5.74, 6) is 1.50. The zero-order valence-electron chi connectivity index (χ0n) is 12.1. The summed E-state index contributed by atoms with van der Waals surface area (Å²) < 4.78 is 2.01. The number of hydrogen-bond acceptors (Lipinski definition) is 2. The predicted molar refractivity (Wildman–Crippen MR) is 79.2 cm³/mol. The molecule has 1 aromatic heterocycles. The lowest BCUT2D eigenvalue weighted by molar-refractivity contribution is 0.362. The molecule has 0 spiro atoms. The second-order valence-electron chi connectivity index (χ2n) is 5.88. The van der Waals surface area contributed by atoms with Gasteiger partial charge in [-0.25, -0.2) is 0 Å². The summed E-state index contributed by atoms with van der Waals surface area (Å²) in [6, 6.07) is 9.23. The highest BCUT2D eigenvalue weighted by molar-refractivity contribution is 5.81. The van der Waals surface area contributed by atoms with Crippen LogP contribution in [-0.4, -0.2) is 22.9 Å². The first-order valence-electron chi connectivity index (χ1n) is 7.28. The average molecular weight is 257 g/mol. The van der Waals surface area contributed by atoms with Crippen molar-refractivity contribution < 1.29 is 0 Å². The molecule has 3 nitrogen and oxygen atoms in total. The molecule has 3 atom stereocenters. The number of benzene rings is 1. The maximum absolute atomic E-state index is 4.73. The minimum Gasteiger partial charge on any atom is -0.317 e. The molecule has 1 aromatic carbocycles. The van der Waals surface area contributed by atoms with Crippen LogP contribution in [-0.2, 0) is 13.5 Å². The molecule has 0 saturated heterocycles. The highest BCUT2D eigenvalue weighted by Gasteiger charge is 2.32. The maximum Gasteiger partial charge on any atom is 0.0706 e. The Hall–Kier alpha value is -1.35. The molecule has 1 aliphatic carbocycles. The van der Waals surface area contributed by atoms with E-state index in [4.69, 9.17) is 5.10 Å². The van der Waals surface area contributed by atoms with Crippen LogP contribution in [0.5, 0.6) is 0 Å². The van der Waals surface area contributed by atoms with E-state index in [-0.39, 0.29) is 0 Å². The summed E-state index contributed by atoms with van der Waals surface area (Å²) in [5, 5.41) is 9.51. The van der Waals surface area contributed by atoms with Crippen LogP contribution in [0.3, 0.4) is 0 Å². The Morgan fingerprint density at radius 3 is 2.84 bits per heavy atom. The topological polar surface area (TPSA) is 29.9 Å². The zero-order valence-corrected chi connectivity index (χ0v) is 12.1. The molecule has 0 amide bonds. The van der Waals surface area contributed by atoms with Crippen molar-refractivity contribution >= 4 is 10.9 Å². The third-order valence-corrected chi connectivity index (χ3v) is 4.89. The van der Waals surface area contributed by atoms with E-state index in [2.05, 4.69) is 43.6 Å². The van der Waals surface area contributed by atoms with Crippen molar-refractivity contribution in [3.63, 3.8) is 0 Å². The summed E-state index contributed by atoms with van der Waals surface area (Å²) in [5.41, 5.74) is 2.51. The van der Waals surface area contributed by atoms with Gasteiger partial charge in [-0.05, 0) is 44.2 Å². The zero-order chi connectivity index (χ0) is 13.4. The number of fused-ring (bicyclic) bond motifs is 1. The Morgan fingerprint density at radius 1 is 1.32 bits per heavy atom. The molecule has 0 aliphatic heterocycles. The van der Waals surface area contributed by atoms with Crippen molar-refractivity contribution in [3.8, 4) is 0 Å². The molecule has 0 radical (unpaired) electrons. The highest BCUT2D eigenvalue weighted by Crippen LogP contribution is 2.35. The molecule has 0 bridgehead atoms. The molecule has 2 aromatic rings. The number of hydrogen-bond donors (Lipinski definition) is 1. The monoisotopic (exact) mass is 257 g/mol. The molecule has 3 heteroatoms. The normalized spacial score (nSPS) is 27.2. The second-order valence-corrected chi connectivity index (χ2v) is 5.88. The quantitative estimate of drug-likeness (QED) is 0.916. The number of nitrogens with zero attached hydrogens (tertiary/aromatic N) is 2. The summed E-state index contributed by atoms with van der Waals surface area (Å²) >= 11 is 0. The van der Waals surface area contributed by atoms with Gasteiger partial charge in [0.25, 0.3) is 0 Å². The minimum atomic E-state index is 0.681. The van der Waals surface area contributed by atoms with Crippen molar-refractivity contribution in [1.29, 1.82) is 0 Å². The number of para-hydroxylation sites is 1. The molecule has 1 heterocycles. The van der Waals surface area contributed by atoms with Gasteiger partial charge in [-0.15, -0.1) is 0 Å². The summed E-state index contributed by atoms with van der Waals surface area (Å²) in [6.07, 6.45) is 3.73. The second kappa shape index (κ2) is 4.97. The molecule has 1 saturated carbocycles. The van der Waals surface area contributed by atoms with E-state index >= 15 is 0 Å². The smallest absolute Gasteiger partial charge is 0.0706 e. The van der Waals surface area contributed by atoms with Gasteiger partial charge in [-0.3, -0.25) is 4.68 Å². The summed E-state index contributed by atoms with van der Waals surface area (Å²) in [6.45, 7) is 2.38. The largest absolute Gasteiger partial charge is 0.317 e. The molecule has 19 heavy (non-hydrogen) atoms. The van der Waals surface area contributed by atoms with Crippen molar-refractivity contribution in [2.24, 2.45) is 18.9 Å². The standard InChI is InChI=1S/C16H23N3/c1-11-12(8-9-14(11)17-2)10-15-13-6-4-5-7-16(13)19(3)18-15/h4-7,11-12,14,17H,8-10H2,1-3H3. The Morgan fingerprint density at radius 2 is 2.11 bits per heavy atom. The van der Waals surface area contributed by atoms with Gasteiger partial charge < -0.3 is 5.32 Å². The molecule has 1 aliphatic rings. The average Bonchev–Trinajstić information content (AvgIpc) is 2.93. The van der Waals surface area contributed by atoms with Crippen LogP contribution < -0.4 is 5.32 Å². The maximum atomic E-state index is 4.73. The predicted octanol–water partition coefficient (Wildman–Crippen LogP) is 2.75. The third-order valence-electron chi connectivity index (χ3n) is 4.89. The minimum absolute atomic E-state index is 0.681. The lowest BCUT2D eigenvalue weighted by atomic mass is 9.91. The Bertz CT molecular complexity index is 572. The van der Waals surface area contributed by atoms with E-state index in [1.165, 1.54) is 29.4 Å². The van der Waals surface area contributed by atoms with E-state index in [0.29, 0.717) is 6.04 Å². The summed E-state index contributed by atoms with van der Waals surface area (Å²) in [4.78, 5) is 0. The van der Waals surface area contributed by atoms with Crippen LogP contribution in [0, 0.1) is 11.8 Å². The van der Waals surface area contributed by atoms with Gasteiger partial charge in [0.05, 0.1) is 11.2 Å². The van der Waals surface area contributed by atoms with E-state index in [1.807, 2.05) is 11.7 Å². The van der Waals surface area contributed by atoms with Gasteiger partial charge in [-0.1, -0.05) is 25.1 Å². The van der Waals surface area contributed by atoms with Gasteiger partial charge in [0.2, 0.25) is 0 Å². The van der Waals surface area contributed by atoms with E-state index in [9.17, 15) is 0 Å². The highest BCUT2D eigenvalue weighted by atomic mass is 15.3.